The molecule has 0 aliphatic carbocycles. The fourth-order valence-corrected chi connectivity index (χ4v) is 1.55. The van der Waals surface area contributed by atoms with Crippen LogP contribution in [0, 0.1) is 20.8 Å². The van der Waals surface area contributed by atoms with Gasteiger partial charge in [-0.25, -0.2) is 0 Å². The first-order chi connectivity index (χ1) is 6.16. The van der Waals surface area contributed by atoms with Crippen LogP contribution in [0.1, 0.15) is 29.8 Å². The molecule has 0 aliphatic heterocycles. The lowest BCUT2D eigenvalue weighted by Gasteiger charge is -2.02. The van der Waals surface area contributed by atoms with E-state index in [9.17, 15) is 0 Å². The maximum Gasteiger partial charge on any atom is 0.0625 e. The highest BCUT2D eigenvalue weighted by Crippen LogP contribution is 2.11. The molecule has 1 heterocycles. The molecule has 74 valence electrons. The van der Waals surface area contributed by atoms with Crippen LogP contribution in [0.15, 0.2) is 0 Å². The van der Waals surface area contributed by atoms with Crippen molar-refractivity contribution in [3.8, 4) is 0 Å². The lowest BCUT2D eigenvalue weighted by molar-refractivity contribution is 0.557. The number of unbranched alkanes of at least 4 members (excludes halogenated alkanes) is 1. The lowest BCUT2D eigenvalue weighted by atomic mass is 10.2. The molecule has 2 nitrogen and oxygen atoms in total. The summed E-state index contributed by atoms with van der Waals surface area (Å²) < 4.78 is 2.08. The van der Waals surface area contributed by atoms with E-state index in [0.29, 0.717) is 0 Å². The van der Waals surface area contributed by atoms with Crippen LogP contribution < -0.4 is 0 Å². The summed E-state index contributed by atoms with van der Waals surface area (Å²) in [5.74, 6) is 0.748. The molecule has 0 radical (unpaired) electrons. The van der Waals surface area contributed by atoms with Gasteiger partial charge < -0.3 is 0 Å². The van der Waals surface area contributed by atoms with Crippen LogP contribution in [0.3, 0.4) is 0 Å². The van der Waals surface area contributed by atoms with E-state index < -0.39 is 0 Å². The number of aromatic nitrogens is 2. The van der Waals surface area contributed by atoms with E-state index >= 15 is 0 Å². The van der Waals surface area contributed by atoms with Crippen molar-refractivity contribution in [2.24, 2.45) is 0 Å². The first kappa shape index (κ1) is 10.6. The van der Waals surface area contributed by atoms with Crippen LogP contribution in [-0.2, 0) is 6.54 Å². The zero-order valence-electron chi connectivity index (χ0n) is 8.60. The number of hydrogen-bond acceptors (Lipinski definition) is 1. The Kier molecular flexibility index (Phi) is 3.79. The van der Waals surface area contributed by atoms with Crippen molar-refractivity contribution in [2.45, 2.75) is 40.2 Å². The Morgan fingerprint density at radius 3 is 2.38 bits per heavy atom. The predicted octanol–water partition coefficient (Wildman–Crippen LogP) is 2.83. The van der Waals surface area contributed by atoms with Gasteiger partial charge in [-0.2, -0.15) is 5.10 Å². The summed E-state index contributed by atoms with van der Waals surface area (Å²) in [5.41, 5.74) is 3.74. The molecule has 1 aromatic heterocycles. The number of rotatable bonds is 4. The normalized spacial score (nSPS) is 10.8. The van der Waals surface area contributed by atoms with Gasteiger partial charge >= 0.3 is 0 Å². The van der Waals surface area contributed by atoms with Gasteiger partial charge in [-0.3, -0.25) is 4.68 Å². The minimum Gasteiger partial charge on any atom is -0.269 e. The van der Waals surface area contributed by atoms with E-state index in [0.717, 1.165) is 31.0 Å². The first-order valence-electron chi connectivity index (χ1n) is 4.73. The summed E-state index contributed by atoms with van der Waals surface area (Å²) in [6, 6.07) is 0. The number of hydrogen-bond donors (Lipinski definition) is 0. The van der Waals surface area contributed by atoms with Gasteiger partial charge in [0, 0.05) is 18.1 Å². The van der Waals surface area contributed by atoms with Crippen LogP contribution >= 0.6 is 11.6 Å². The van der Waals surface area contributed by atoms with Crippen molar-refractivity contribution in [1.82, 2.24) is 9.78 Å². The van der Waals surface area contributed by atoms with E-state index in [4.69, 9.17) is 11.6 Å². The minimum atomic E-state index is 0.748. The molecule has 0 aromatic carbocycles. The van der Waals surface area contributed by atoms with Gasteiger partial charge in [0.15, 0.2) is 0 Å². The molecule has 13 heavy (non-hydrogen) atoms. The standard InChI is InChI=1S/C10H17ClN2/c1-8-9(2)12-13(10(8)3)7-5-4-6-11/h4-7H2,1-3H3. The summed E-state index contributed by atoms with van der Waals surface area (Å²) in [6.45, 7) is 7.29. The highest BCUT2D eigenvalue weighted by molar-refractivity contribution is 6.17. The summed E-state index contributed by atoms with van der Waals surface area (Å²) in [6.07, 6.45) is 2.18. The Hall–Kier alpha value is -0.500. The van der Waals surface area contributed by atoms with Gasteiger partial charge in [0.05, 0.1) is 5.69 Å². The van der Waals surface area contributed by atoms with Gasteiger partial charge in [-0.15, -0.1) is 11.6 Å². The Morgan fingerprint density at radius 2 is 1.92 bits per heavy atom. The third-order valence-electron chi connectivity index (χ3n) is 2.50. The SMILES string of the molecule is Cc1nn(CCCCCl)c(C)c1C. The van der Waals surface area contributed by atoms with Crippen molar-refractivity contribution in [1.29, 1.82) is 0 Å². The van der Waals surface area contributed by atoms with E-state index in [1.807, 2.05) is 0 Å². The van der Waals surface area contributed by atoms with Gasteiger partial charge in [0.2, 0.25) is 0 Å². The molecule has 0 bridgehead atoms. The molecule has 1 aromatic rings. The molecule has 0 spiro atoms. The minimum absolute atomic E-state index is 0.748. The third kappa shape index (κ3) is 2.47. The van der Waals surface area contributed by atoms with Crippen molar-refractivity contribution in [3.63, 3.8) is 0 Å². The van der Waals surface area contributed by atoms with Gasteiger partial charge in [0.1, 0.15) is 0 Å². The topological polar surface area (TPSA) is 17.8 Å². The highest BCUT2D eigenvalue weighted by atomic mass is 35.5. The Morgan fingerprint density at radius 1 is 1.23 bits per heavy atom. The van der Waals surface area contributed by atoms with Gasteiger partial charge in [-0.05, 0) is 39.2 Å². The average Bonchev–Trinajstić information content (AvgIpc) is 2.34. The maximum atomic E-state index is 5.61. The Bertz CT molecular complexity index is 279. The van der Waals surface area contributed by atoms with Crippen molar-refractivity contribution < 1.29 is 0 Å². The maximum absolute atomic E-state index is 5.61. The zero-order chi connectivity index (χ0) is 9.84. The molecule has 0 atom stereocenters. The summed E-state index contributed by atoms with van der Waals surface area (Å²) in [4.78, 5) is 0. The average molecular weight is 201 g/mol. The molecular formula is C10H17ClN2. The van der Waals surface area contributed by atoms with Crippen LogP contribution in [-0.4, -0.2) is 15.7 Å². The van der Waals surface area contributed by atoms with Gasteiger partial charge in [0.25, 0.3) is 0 Å². The van der Waals surface area contributed by atoms with Crippen LogP contribution in [0.4, 0.5) is 0 Å². The molecule has 0 aliphatic rings. The summed E-state index contributed by atoms with van der Waals surface area (Å²) >= 11 is 5.61. The van der Waals surface area contributed by atoms with Crippen molar-refractivity contribution in [3.05, 3.63) is 17.0 Å². The van der Waals surface area contributed by atoms with Crippen molar-refractivity contribution >= 4 is 11.6 Å². The number of nitrogens with zero attached hydrogens (tertiary/aromatic N) is 2. The van der Waals surface area contributed by atoms with E-state index in [2.05, 4.69) is 30.6 Å². The molecule has 0 fully saturated rings. The Balaban J connectivity index is 2.61. The first-order valence-corrected chi connectivity index (χ1v) is 5.27. The van der Waals surface area contributed by atoms with Gasteiger partial charge in [-0.1, -0.05) is 0 Å². The quantitative estimate of drug-likeness (QED) is 0.540. The van der Waals surface area contributed by atoms with E-state index in [1.165, 1.54) is 11.3 Å². The molecule has 0 N–H and O–H groups in total. The molecule has 0 unspecified atom stereocenters. The number of alkyl halides is 1. The molecule has 1 rings (SSSR count). The fourth-order valence-electron chi connectivity index (χ4n) is 1.36. The summed E-state index contributed by atoms with van der Waals surface area (Å²) in [5, 5.41) is 4.46. The molecule has 0 amide bonds. The van der Waals surface area contributed by atoms with Crippen molar-refractivity contribution in [2.75, 3.05) is 5.88 Å². The second-order valence-corrected chi connectivity index (χ2v) is 3.79. The number of aryl methyl sites for hydroxylation is 2. The summed E-state index contributed by atoms with van der Waals surface area (Å²) in [7, 11) is 0. The predicted molar refractivity (Wildman–Crippen MR) is 56.4 cm³/mol. The van der Waals surface area contributed by atoms with Crippen LogP contribution in [0.5, 0.6) is 0 Å². The fraction of sp³-hybridized carbons (Fsp3) is 0.700. The van der Waals surface area contributed by atoms with E-state index in [1.54, 1.807) is 0 Å². The molecule has 0 saturated heterocycles. The number of halogens is 1. The molecule has 0 saturated carbocycles. The molecular weight excluding hydrogens is 184 g/mol. The second kappa shape index (κ2) is 4.66. The lowest BCUT2D eigenvalue weighted by Crippen LogP contribution is -2.02. The monoisotopic (exact) mass is 200 g/mol. The van der Waals surface area contributed by atoms with Crippen LogP contribution in [0.25, 0.3) is 0 Å². The Labute approximate surface area is 84.9 Å². The molecule has 3 heteroatoms. The zero-order valence-corrected chi connectivity index (χ0v) is 9.36. The third-order valence-corrected chi connectivity index (χ3v) is 2.76. The largest absolute Gasteiger partial charge is 0.269 e. The highest BCUT2D eigenvalue weighted by Gasteiger charge is 2.05. The smallest absolute Gasteiger partial charge is 0.0625 e. The van der Waals surface area contributed by atoms with Crippen LogP contribution in [0.2, 0.25) is 0 Å². The van der Waals surface area contributed by atoms with E-state index in [-0.39, 0.29) is 0 Å². The second-order valence-electron chi connectivity index (χ2n) is 3.42.